The van der Waals surface area contributed by atoms with Gasteiger partial charge in [0.05, 0.1) is 6.04 Å². The van der Waals surface area contributed by atoms with Gasteiger partial charge in [-0.15, -0.1) is 0 Å². The van der Waals surface area contributed by atoms with E-state index in [1.54, 1.807) is 26.0 Å². The van der Waals surface area contributed by atoms with Gasteiger partial charge >= 0.3 is 0 Å². The SMILES string of the molecule is C=C(C)COc1ccc(/C=C(\C)C(=O)N[C@@H]2[C@H](O)[C@@H](O)[C@H]3OCO[C@H]3[C@@H]2O)cc1O. The number of phenolic OH excluding ortho intramolecular Hbond substituents is 1. The molecule has 1 heterocycles. The van der Waals surface area contributed by atoms with Gasteiger partial charge in [0.25, 0.3) is 0 Å². The molecule has 0 radical (unpaired) electrons. The highest BCUT2D eigenvalue weighted by Gasteiger charge is 2.53. The number of amides is 1. The predicted octanol–water partition coefficient (Wildman–Crippen LogP) is 0.0730. The minimum atomic E-state index is -1.42. The number of ether oxygens (including phenoxy) is 3. The van der Waals surface area contributed by atoms with Crippen molar-refractivity contribution in [2.75, 3.05) is 13.4 Å². The number of aliphatic hydroxyl groups excluding tert-OH is 3. The lowest BCUT2D eigenvalue weighted by atomic mass is 9.83. The van der Waals surface area contributed by atoms with Crippen molar-refractivity contribution >= 4 is 12.0 Å². The van der Waals surface area contributed by atoms with Crippen molar-refractivity contribution in [3.05, 3.63) is 41.5 Å². The van der Waals surface area contributed by atoms with Crippen LogP contribution in [0.3, 0.4) is 0 Å². The Hall–Kier alpha value is -2.43. The van der Waals surface area contributed by atoms with Crippen molar-refractivity contribution in [1.29, 1.82) is 0 Å². The van der Waals surface area contributed by atoms with Crippen LogP contribution in [-0.2, 0) is 14.3 Å². The Labute approximate surface area is 174 Å². The van der Waals surface area contributed by atoms with E-state index in [4.69, 9.17) is 14.2 Å². The third-order valence-corrected chi connectivity index (χ3v) is 5.10. The average molecular weight is 421 g/mol. The monoisotopic (exact) mass is 421 g/mol. The molecule has 1 aromatic carbocycles. The van der Waals surface area contributed by atoms with Gasteiger partial charge in [0.2, 0.25) is 5.91 Å². The van der Waals surface area contributed by atoms with Crippen LogP contribution in [0.2, 0.25) is 0 Å². The molecule has 0 spiro atoms. The highest BCUT2D eigenvalue weighted by molar-refractivity contribution is 5.97. The number of hydrogen-bond donors (Lipinski definition) is 5. The van der Waals surface area contributed by atoms with Crippen LogP contribution in [0.4, 0.5) is 0 Å². The molecule has 9 heteroatoms. The number of carbonyl (C=O) groups excluding carboxylic acids is 1. The summed E-state index contributed by atoms with van der Waals surface area (Å²) in [5.41, 5.74) is 1.63. The molecule has 0 unspecified atom stereocenters. The summed E-state index contributed by atoms with van der Waals surface area (Å²) in [5, 5.41) is 43.6. The number of hydrogen-bond acceptors (Lipinski definition) is 8. The zero-order valence-electron chi connectivity index (χ0n) is 16.8. The lowest BCUT2D eigenvalue weighted by Gasteiger charge is -2.41. The van der Waals surface area contributed by atoms with Crippen molar-refractivity contribution in [3.63, 3.8) is 0 Å². The summed E-state index contributed by atoms with van der Waals surface area (Å²) in [6.07, 6.45) is -4.14. The summed E-state index contributed by atoms with van der Waals surface area (Å²) in [7, 11) is 0. The van der Waals surface area contributed by atoms with E-state index in [9.17, 15) is 25.2 Å². The fraction of sp³-hybridized carbons (Fsp3) is 0.476. The van der Waals surface area contributed by atoms with E-state index in [0.29, 0.717) is 11.3 Å². The Morgan fingerprint density at radius 2 is 1.87 bits per heavy atom. The lowest BCUT2D eigenvalue weighted by Crippen LogP contribution is -2.67. The van der Waals surface area contributed by atoms with Crippen LogP contribution in [0.25, 0.3) is 6.08 Å². The topological polar surface area (TPSA) is 138 Å². The molecule has 1 aliphatic heterocycles. The molecular weight excluding hydrogens is 394 g/mol. The molecule has 1 saturated heterocycles. The molecule has 30 heavy (non-hydrogen) atoms. The molecule has 6 atom stereocenters. The number of benzene rings is 1. The van der Waals surface area contributed by atoms with Gasteiger partial charge in [0.15, 0.2) is 11.5 Å². The smallest absolute Gasteiger partial charge is 0.247 e. The molecule has 1 aromatic rings. The van der Waals surface area contributed by atoms with Gasteiger partial charge in [0.1, 0.15) is 43.9 Å². The van der Waals surface area contributed by atoms with Gasteiger partial charge in [-0.05, 0) is 43.2 Å². The number of rotatable bonds is 6. The second-order valence-electron chi connectivity index (χ2n) is 7.65. The average Bonchev–Trinajstić information content (AvgIpc) is 3.19. The summed E-state index contributed by atoms with van der Waals surface area (Å²) < 4.78 is 15.9. The van der Waals surface area contributed by atoms with Crippen LogP contribution >= 0.6 is 0 Å². The highest BCUT2D eigenvalue weighted by Crippen LogP contribution is 2.30. The first kappa shape index (κ1) is 22.3. The van der Waals surface area contributed by atoms with E-state index in [-0.39, 0.29) is 24.7 Å². The number of fused-ring (bicyclic) bond motifs is 1. The molecule has 2 fully saturated rings. The molecule has 2 aliphatic rings. The van der Waals surface area contributed by atoms with Crippen molar-refractivity contribution < 1.29 is 39.4 Å². The van der Waals surface area contributed by atoms with Gasteiger partial charge in [-0.2, -0.15) is 0 Å². The maximum Gasteiger partial charge on any atom is 0.247 e. The van der Waals surface area contributed by atoms with Crippen LogP contribution in [0.1, 0.15) is 19.4 Å². The molecule has 3 rings (SSSR count). The van der Waals surface area contributed by atoms with Gasteiger partial charge < -0.3 is 40.0 Å². The molecule has 9 nitrogen and oxygen atoms in total. The van der Waals surface area contributed by atoms with E-state index in [2.05, 4.69) is 11.9 Å². The Bertz CT molecular complexity index is 838. The Morgan fingerprint density at radius 1 is 1.20 bits per heavy atom. The molecule has 1 aliphatic carbocycles. The first-order valence-corrected chi connectivity index (χ1v) is 9.56. The number of aromatic hydroxyl groups is 1. The minimum absolute atomic E-state index is 0.0797. The Balaban J connectivity index is 1.68. The van der Waals surface area contributed by atoms with Crippen molar-refractivity contribution in [1.82, 2.24) is 5.32 Å². The highest BCUT2D eigenvalue weighted by atomic mass is 16.7. The number of aliphatic hydroxyl groups is 3. The minimum Gasteiger partial charge on any atom is -0.504 e. The van der Waals surface area contributed by atoms with E-state index in [1.165, 1.54) is 12.1 Å². The van der Waals surface area contributed by atoms with E-state index in [0.717, 1.165) is 5.57 Å². The first-order valence-electron chi connectivity index (χ1n) is 9.56. The van der Waals surface area contributed by atoms with E-state index in [1.807, 2.05) is 0 Å². The third-order valence-electron chi connectivity index (χ3n) is 5.10. The summed E-state index contributed by atoms with van der Waals surface area (Å²) in [6.45, 7) is 7.26. The molecule has 1 saturated carbocycles. The number of carbonyl (C=O) groups is 1. The lowest BCUT2D eigenvalue weighted by molar-refractivity contribution is -0.155. The van der Waals surface area contributed by atoms with Crippen LogP contribution in [-0.4, -0.2) is 76.3 Å². The zero-order valence-corrected chi connectivity index (χ0v) is 16.8. The van der Waals surface area contributed by atoms with Crippen LogP contribution in [0.5, 0.6) is 11.5 Å². The fourth-order valence-corrected chi connectivity index (χ4v) is 3.48. The molecule has 5 N–H and O–H groups in total. The first-order chi connectivity index (χ1) is 14.2. The number of phenols is 1. The Morgan fingerprint density at radius 3 is 2.50 bits per heavy atom. The predicted molar refractivity (Wildman–Crippen MR) is 107 cm³/mol. The maximum absolute atomic E-state index is 12.6. The van der Waals surface area contributed by atoms with Crippen molar-refractivity contribution in [2.45, 2.75) is 50.4 Å². The standard InChI is InChI=1S/C21H27NO8/c1-10(2)8-28-14-5-4-12(7-13(14)23)6-11(3)21(27)22-15-16(24)18(26)20-19(17(15)25)29-9-30-20/h4-7,15-20,23-26H,1,8-9H2,2-3H3,(H,22,27)/b11-6+/t15-,16+,17-,18-,19+,20-/m1/s1. The van der Waals surface area contributed by atoms with Crippen molar-refractivity contribution in [3.8, 4) is 11.5 Å². The second kappa shape index (κ2) is 9.15. The summed E-state index contributed by atoms with van der Waals surface area (Å²) in [4.78, 5) is 12.6. The Kier molecular flexibility index (Phi) is 6.79. The summed E-state index contributed by atoms with van der Waals surface area (Å²) >= 11 is 0. The summed E-state index contributed by atoms with van der Waals surface area (Å²) in [5.74, 6) is -0.332. The zero-order chi connectivity index (χ0) is 22.0. The van der Waals surface area contributed by atoms with Crippen LogP contribution < -0.4 is 10.1 Å². The number of nitrogens with one attached hydrogen (secondary N) is 1. The second-order valence-corrected chi connectivity index (χ2v) is 7.65. The quantitative estimate of drug-likeness (QED) is 0.322. The molecule has 0 aromatic heterocycles. The third kappa shape index (κ3) is 4.66. The summed E-state index contributed by atoms with van der Waals surface area (Å²) in [6, 6.07) is 3.57. The fourth-order valence-electron chi connectivity index (χ4n) is 3.48. The van der Waals surface area contributed by atoms with E-state index < -0.39 is 42.5 Å². The van der Waals surface area contributed by atoms with Crippen LogP contribution in [0.15, 0.2) is 35.9 Å². The van der Waals surface area contributed by atoms with Crippen LogP contribution in [0, 0.1) is 0 Å². The van der Waals surface area contributed by atoms with Gasteiger partial charge in [-0.25, -0.2) is 0 Å². The van der Waals surface area contributed by atoms with Crippen molar-refractivity contribution in [2.24, 2.45) is 0 Å². The van der Waals surface area contributed by atoms with E-state index >= 15 is 0 Å². The molecule has 164 valence electrons. The van der Waals surface area contributed by atoms with Gasteiger partial charge in [-0.1, -0.05) is 12.6 Å². The maximum atomic E-state index is 12.6. The largest absolute Gasteiger partial charge is 0.504 e. The van der Waals surface area contributed by atoms with Gasteiger partial charge in [0, 0.05) is 5.57 Å². The molecular formula is C21H27NO8. The normalized spacial score (nSPS) is 31.2. The molecule has 1 amide bonds. The van der Waals surface area contributed by atoms with Gasteiger partial charge in [-0.3, -0.25) is 4.79 Å². The molecule has 0 bridgehead atoms.